The summed E-state index contributed by atoms with van der Waals surface area (Å²) >= 11 is 2.28. The highest BCUT2D eigenvalue weighted by Gasteiger charge is 2.24. The van der Waals surface area contributed by atoms with E-state index < -0.39 is 5.97 Å². The second kappa shape index (κ2) is 10.2. The average Bonchev–Trinajstić information content (AvgIpc) is 3.18. The molecule has 1 heterocycles. The molecule has 5 nitrogen and oxygen atoms in total. The fourth-order valence-corrected chi connectivity index (χ4v) is 3.99. The highest BCUT2D eigenvalue weighted by atomic mass is 127. The maximum Gasteiger partial charge on any atom is 0.363 e. The zero-order chi connectivity index (χ0) is 23.4. The minimum absolute atomic E-state index is 0.243. The molecule has 33 heavy (non-hydrogen) atoms. The summed E-state index contributed by atoms with van der Waals surface area (Å²) in [4.78, 5) is 16.8. The van der Waals surface area contributed by atoms with Crippen LogP contribution in [0.3, 0.4) is 0 Å². The topological polar surface area (TPSA) is 57.1 Å². The van der Waals surface area contributed by atoms with Gasteiger partial charge in [0, 0.05) is 9.13 Å². The SMILES string of the molecule is COc1cc(/C=C2\N=C(c3ccc(C(C)C)cc3)OC2=O)ccc1OCc1cccc(I)c1. The number of cyclic esters (lactones) is 1. The van der Waals surface area contributed by atoms with E-state index in [0.717, 1.165) is 20.3 Å². The molecule has 0 bridgehead atoms. The van der Waals surface area contributed by atoms with E-state index in [9.17, 15) is 4.79 Å². The quantitative estimate of drug-likeness (QED) is 0.195. The van der Waals surface area contributed by atoms with E-state index in [-0.39, 0.29) is 5.70 Å². The second-order valence-corrected chi connectivity index (χ2v) is 9.19. The van der Waals surface area contributed by atoms with Gasteiger partial charge in [0.25, 0.3) is 0 Å². The van der Waals surface area contributed by atoms with E-state index >= 15 is 0 Å². The lowest BCUT2D eigenvalue weighted by Gasteiger charge is -2.11. The first-order valence-corrected chi connectivity index (χ1v) is 11.7. The van der Waals surface area contributed by atoms with E-state index in [1.807, 2.05) is 60.7 Å². The third-order valence-corrected chi connectivity index (χ3v) is 5.89. The number of nitrogens with zero attached hydrogens (tertiary/aromatic N) is 1. The Morgan fingerprint density at radius 2 is 1.82 bits per heavy atom. The van der Waals surface area contributed by atoms with E-state index in [2.05, 4.69) is 47.5 Å². The van der Waals surface area contributed by atoms with Crippen LogP contribution in [0.25, 0.3) is 6.08 Å². The molecular formula is C27H24INO4. The average molecular weight is 553 g/mol. The van der Waals surface area contributed by atoms with Crippen LogP contribution in [0.4, 0.5) is 0 Å². The number of halogens is 1. The third kappa shape index (κ3) is 5.63. The number of hydrogen-bond acceptors (Lipinski definition) is 5. The summed E-state index contributed by atoms with van der Waals surface area (Å²) in [6.45, 7) is 4.70. The Balaban J connectivity index is 1.52. The van der Waals surface area contributed by atoms with Crippen molar-refractivity contribution in [2.75, 3.05) is 7.11 Å². The molecule has 3 aromatic rings. The molecule has 168 valence electrons. The number of aliphatic imine (C=N–C) groups is 1. The van der Waals surface area contributed by atoms with Crippen molar-refractivity contribution in [3.8, 4) is 11.5 Å². The van der Waals surface area contributed by atoms with Gasteiger partial charge in [0.2, 0.25) is 5.90 Å². The fraction of sp³-hybridized carbons (Fsp3) is 0.185. The van der Waals surface area contributed by atoms with Crippen molar-refractivity contribution in [2.45, 2.75) is 26.4 Å². The van der Waals surface area contributed by atoms with Crippen LogP contribution in [-0.4, -0.2) is 19.0 Å². The Kier molecular flexibility index (Phi) is 7.13. The Morgan fingerprint density at radius 1 is 1.03 bits per heavy atom. The summed E-state index contributed by atoms with van der Waals surface area (Å²) in [6.07, 6.45) is 1.68. The summed E-state index contributed by atoms with van der Waals surface area (Å²) < 4.78 is 18.0. The largest absolute Gasteiger partial charge is 0.493 e. The molecule has 0 fully saturated rings. The maximum atomic E-state index is 12.4. The summed E-state index contributed by atoms with van der Waals surface area (Å²) in [5.41, 5.74) is 4.07. The van der Waals surface area contributed by atoms with Crippen molar-refractivity contribution in [3.05, 3.63) is 98.3 Å². The predicted molar refractivity (Wildman–Crippen MR) is 138 cm³/mol. The monoisotopic (exact) mass is 553 g/mol. The Morgan fingerprint density at radius 3 is 2.52 bits per heavy atom. The van der Waals surface area contributed by atoms with Crippen LogP contribution in [0.2, 0.25) is 0 Å². The first kappa shape index (κ1) is 23.0. The molecule has 3 aromatic carbocycles. The van der Waals surface area contributed by atoms with E-state index in [1.54, 1.807) is 13.2 Å². The van der Waals surface area contributed by atoms with Crippen LogP contribution in [-0.2, 0) is 16.1 Å². The fourth-order valence-electron chi connectivity index (χ4n) is 3.38. The van der Waals surface area contributed by atoms with Crippen LogP contribution >= 0.6 is 22.6 Å². The molecule has 0 radical (unpaired) electrons. The van der Waals surface area contributed by atoms with Crippen molar-refractivity contribution in [1.82, 2.24) is 0 Å². The van der Waals surface area contributed by atoms with Gasteiger partial charge in [-0.15, -0.1) is 0 Å². The van der Waals surface area contributed by atoms with Crippen LogP contribution in [0.5, 0.6) is 11.5 Å². The Labute approximate surface area is 207 Å². The first-order chi connectivity index (χ1) is 15.9. The standard InChI is InChI=1S/C27H24INO4/c1-17(2)20-8-10-21(11-9-20)26-29-23(27(30)33-26)14-18-7-12-24(25(15-18)31-3)32-16-19-5-4-6-22(28)13-19/h4-15,17H,16H2,1-3H3/b23-14-. The van der Waals surface area contributed by atoms with Crippen molar-refractivity contribution >= 4 is 40.5 Å². The normalized spacial score (nSPS) is 14.4. The van der Waals surface area contributed by atoms with E-state index in [0.29, 0.717) is 29.9 Å². The predicted octanol–water partition coefficient (Wildman–Crippen LogP) is 6.35. The molecule has 0 amide bonds. The second-order valence-electron chi connectivity index (χ2n) is 7.94. The molecule has 0 N–H and O–H groups in total. The van der Waals surface area contributed by atoms with Gasteiger partial charge in [-0.3, -0.25) is 0 Å². The van der Waals surface area contributed by atoms with E-state index in [1.165, 1.54) is 5.56 Å². The van der Waals surface area contributed by atoms with Crippen molar-refractivity contribution in [2.24, 2.45) is 4.99 Å². The summed E-state index contributed by atoms with van der Waals surface area (Å²) in [7, 11) is 1.59. The number of methoxy groups -OCH3 is 1. The number of carbonyl (C=O) groups is 1. The smallest absolute Gasteiger partial charge is 0.363 e. The number of rotatable bonds is 7. The number of benzene rings is 3. The van der Waals surface area contributed by atoms with Crippen LogP contribution in [0, 0.1) is 3.57 Å². The van der Waals surface area contributed by atoms with Crippen molar-refractivity contribution < 1.29 is 19.0 Å². The molecule has 1 aliphatic rings. The molecule has 0 aromatic heterocycles. The summed E-state index contributed by atoms with van der Waals surface area (Å²) in [5, 5.41) is 0. The van der Waals surface area contributed by atoms with Crippen molar-refractivity contribution in [1.29, 1.82) is 0 Å². The highest BCUT2D eigenvalue weighted by molar-refractivity contribution is 14.1. The zero-order valence-corrected chi connectivity index (χ0v) is 20.8. The molecule has 6 heteroatoms. The van der Waals surface area contributed by atoms with Gasteiger partial charge in [-0.1, -0.05) is 44.2 Å². The number of esters is 1. The van der Waals surface area contributed by atoms with Gasteiger partial charge in [0.1, 0.15) is 6.61 Å². The van der Waals surface area contributed by atoms with Gasteiger partial charge in [-0.05, 0) is 87.7 Å². The van der Waals surface area contributed by atoms with Gasteiger partial charge in [-0.25, -0.2) is 9.79 Å². The third-order valence-electron chi connectivity index (χ3n) is 5.22. The van der Waals surface area contributed by atoms with Crippen LogP contribution in [0.1, 0.15) is 42.0 Å². The summed E-state index contributed by atoms with van der Waals surface area (Å²) in [5.74, 6) is 1.47. The molecule has 0 spiro atoms. The first-order valence-electron chi connectivity index (χ1n) is 10.6. The summed E-state index contributed by atoms with van der Waals surface area (Å²) in [6, 6.07) is 21.5. The molecule has 4 rings (SSSR count). The van der Waals surface area contributed by atoms with Gasteiger partial charge in [0.05, 0.1) is 7.11 Å². The van der Waals surface area contributed by atoms with Gasteiger partial charge in [-0.2, -0.15) is 0 Å². The molecule has 0 aliphatic carbocycles. The highest BCUT2D eigenvalue weighted by Crippen LogP contribution is 2.30. The van der Waals surface area contributed by atoms with Crippen LogP contribution < -0.4 is 9.47 Å². The lowest BCUT2D eigenvalue weighted by molar-refractivity contribution is -0.129. The lowest BCUT2D eigenvalue weighted by Crippen LogP contribution is -2.05. The molecule has 0 saturated carbocycles. The van der Waals surface area contributed by atoms with Crippen LogP contribution in [0.15, 0.2) is 77.4 Å². The minimum Gasteiger partial charge on any atom is -0.493 e. The molecular weight excluding hydrogens is 529 g/mol. The molecule has 0 saturated heterocycles. The number of carbonyl (C=O) groups excluding carboxylic acids is 1. The minimum atomic E-state index is -0.476. The molecule has 1 aliphatic heterocycles. The zero-order valence-electron chi connectivity index (χ0n) is 18.7. The Bertz CT molecular complexity index is 1230. The number of hydrogen-bond donors (Lipinski definition) is 0. The van der Waals surface area contributed by atoms with Crippen molar-refractivity contribution in [3.63, 3.8) is 0 Å². The van der Waals surface area contributed by atoms with Gasteiger partial charge < -0.3 is 14.2 Å². The molecule has 0 atom stereocenters. The number of ether oxygens (including phenoxy) is 3. The van der Waals surface area contributed by atoms with E-state index in [4.69, 9.17) is 14.2 Å². The lowest BCUT2D eigenvalue weighted by atomic mass is 10.0. The van der Waals surface area contributed by atoms with Gasteiger partial charge >= 0.3 is 5.97 Å². The Hall–Kier alpha value is -3.13. The maximum absolute atomic E-state index is 12.4. The van der Waals surface area contributed by atoms with Gasteiger partial charge in [0.15, 0.2) is 17.2 Å². The molecule has 0 unspecified atom stereocenters.